The first kappa shape index (κ1) is 15.1. The number of rotatable bonds is 4. The predicted molar refractivity (Wildman–Crippen MR) is 84.1 cm³/mol. The van der Waals surface area contributed by atoms with E-state index in [2.05, 4.69) is 55.5 Å². The molecule has 0 fully saturated rings. The molecule has 3 nitrogen and oxygen atoms in total. The van der Waals surface area contributed by atoms with Crippen molar-refractivity contribution in [1.82, 2.24) is 15.1 Å². The quantitative estimate of drug-likeness (QED) is 0.929. The number of hydrogen-bond donors (Lipinski definition) is 1. The normalized spacial score (nSPS) is 11.8. The van der Waals surface area contributed by atoms with Gasteiger partial charge in [-0.25, -0.2) is 0 Å². The highest BCUT2D eigenvalue weighted by molar-refractivity contribution is 6.31. The lowest BCUT2D eigenvalue weighted by Crippen LogP contribution is -2.35. The summed E-state index contributed by atoms with van der Waals surface area (Å²) >= 11 is 6.01. The zero-order valence-corrected chi connectivity index (χ0v) is 13.3. The fourth-order valence-corrected chi connectivity index (χ4v) is 2.03. The lowest BCUT2D eigenvalue weighted by atomic mass is 10.1. The molecule has 20 heavy (non-hydrogen) atoms. The molecule has 0 unspecified atom stereocenters. The molecule has 0 aliphatic carbocycles. The van der Waals surface area contributed by atoms with Crippen LogP contribution in [0.3, 0.4) is 0 Å². The number of nitrogens with zero attached hydrogens (tertiary/aromatic N) is 2. The Morgan fingerprint density at radius 3 is 2.25 bits per heavy atom. The van der Waals surface area contributed by atoms with Gasteiger partial charge in [0, 0.05) is 12.1 Å². The van der Waals surface area contributed by atoms with Crippen LogP contribution in [0.1, 0.15) is 37.6 Å². The van der Waals surface area contributed by atoms with Crippen LogP contribution in [0, 0.1) is 6.92 Å². The summed E-state index contributed by atoms with van der Waals surface area (Å²) in [6, 6.07) is 8.62. The van der Waals surface area contributed by atoms with Crippen LogP contribution < -0.4 is 5.32 Å². The van der Waals surface area contributed by atoms with Crippen molar-refractivity contribution >= 4 is 11.6 Å². The number of nitrogens with one attached hydrogen (secondary N) is 1. The van der Waals surface area contributed by atoms with Crippen LogP contribution in [0.25, 0.3) is 0 Å². The molecule has 0 bridgehead atoms. The number of aromatic nitrogens is 2. The highest BCUT2D eigenvalue weighted by Crippen LogP contribution is 2.15. The van der Waals surface area contributed by atoms with Crippen LogP contribution in [0.5, 0.6) is 0 Å². The van der Waals surface area contributed by atoms with Gasteiger partial charge in [-0.2, -0.15) is 5.10 Å². The van der Waals surface area contributed by atoms with E-state index in [1.165, 1.54) is 11.1 Å². The van der Waals surface area contributed by atoms with Gasteiger partial charge in [-0.15, -0.1) is 0 Å². The summed E-state index contributed by atoms with van der Waals surface area (Å²) in [4.78, 5) is 0. The van der Waals surface area contributed by atoms with Gasteiger partial charge in [0.2, 0.25) is 0 Å². The molecule has 2 aromatic rings. The van der Waals surface area contributed by atoms with E-state index in [1.807, 2.05) is 11.6 Å². The second-order valence-electron chi connectivity index (χ2n) is 6.16. The van der Waals surface area contributed by atoms with Gasteiger partial charge in [0.05, 0.1) is 23.5 Å². The molecule has 0 atom stereocenters. The molecule has 108 valence electrons. The summed E-state index contributed by atoms with van der Waals surface area (Å²) < 4.78 is 1.92. The summed E-state index contributed by atoms with van der Waals surface area (Å²) in [5.41, 5.74) is 3.66. The Labute approximate surface area is 126 Å². The van der Waals surface area contributed by atoms with Crippen molar-refractivity contribution in [1.29, 1.82) is 0 Å². The Kier molecular flexibility index (Phi) is 4.51. The molecule has 1 aromatic carbocycles. The summed E-state index contributed by atoms with van der Waals surface area (Å²) in [7, 11) is 0. The Morgan fingerprint density at radius 2 is 1.75 bits per heavy atom. The van der Waals surface area contributed by atoms with Crippen molar-refractivity contribution in [3.8, 4) is 0 Å². The van der Waals surface area contributed by atoms with Crippen molar-refractivity contribution in [2.75, 3.05) is 0 Å². The topological polar surface area (TPSA) is 29.9 Å². The third kappa shape index (κ3) is 4.09. The molecule has 0 amide bonds. The Balaban J connectivity index is 2.00. The molecule has 0 aliphatic rings. The maximum Gasteiger partial charge on any atom is 0.0815 e. The molecule has 1 N–H and O–H groups in total. The fraction of sp³-hybridized carbons (Fsp3) is 0.438. The average molecular weight is 292 g/mol. The lowest BCUT2D eigenvalue weighted by Gasteiger charge is -2.20. The van der Waals surface area contributed by atoms with E-state index in [1.54, 1.807) is 6.20 Å². The number of halogens is 1. The Hall–Kier alpha value is -1.32. The van der Waals surface area contributed by atoms with Gasteiger partial charge in [0.1, 0.15) is 0 Å². The zero-order valence-electron chi connectivity index (χ0n) is 12.6. The highest BCUT2D eigenvalue weighted by atomic mass is 35.5. The molecular formula is C16H22ClN3. The monoisotopic (exact) mass is 291 g/mol. The molecule has 2 rings (SSSR count). The Bertz CT molecular complexity index is 564. The van der Waals surface area contributed by atoms with Gasteiger partial charge in [-0.1, -0.05) is 35.9 Å². The predicted octanol–water partition coefficient (Wildman–Crippen LogP) is 3.78. The average Bonchev–Trinajstić information content (AvgIpc) is 2.69. The molecule has 0 spiro atoms. The minimum Gasteiger partial charge on any atom is -0.308 e. The lowest BCUT2D eigenvalue weighted by molar-refractivity contribution is 0.424. The maximum absolute atomic E-state index is 6.01. The first-order valence-electron chi connectivity index (χ1n) is 6.86. The van der Waals surface area contributed by atoms with Crippen LogP contribution in [-0.2, 0) is 13.1 Å². The largest absolute Gasteiger partial charge is 0.308 e. The standard InChI is InChI=1S/C16H22ClN3/c1-12-15(17)10-19-20(12)11-14-7-5-13(6-8-14)9-18-16(2,3)4/h5-8,10,18H,9,11H2,1-4H3. The zero-order chi connectivity index (χ0) is 14.8. The van der Waals surface area contributed by atoms with Gasteiger partial charge in [0.25, 0.3) is 0 Å². The fourth-order valence-electron chi connectivity index (χ4n) is 1.89. The first-order chi connectivity index (χ1) is 9.35. The van der Waals surface area contributed by atoms with Crippen molar-refractivity contribution in [3.05, 3.63) is 52.3 Å². The summed E-state index contributed by atoms with van der Waals surface area (Å²) in [6.45, 7) is 10.1. The van der Waals surface area contributed by atoms with E-state index in [4.69, 9.17) is 11.6 Å². The molecule has 0 aliphatic heterocycles. The van der Waals surface area contributed by atoms with Crippen LogP contribution in [0.15, 0.2) is 30.5 Å². The molecular weight excluding hydrogens is 270 g/mol. The first-order valence-corrected chi connectivity index (χ1v) is 7.24. The molecule has 1 heterocycles. The van der Waals surface area contributed by atoms with Crippen LogP contribution >= 0.6 is 11.6 Å². The minimum absolute atomic E-state index is 0.140. The Morgan fingerprint density at radius 1 is 1.15 bits per heavy atom. The van der Waals surface area contributed by atoms with Gasteiger partial charge < -0.3 is 5.32 Å². The third-order valence-corrected chi connectivity index (χ3v) is 3.59. The van der Waals surface area contributed by atoms with E-state index >= 15 is 0 Å². The van der Waals surface area contributed by atoms with E-state index in [0.717, 1.165) is 23.8 Å². The van der Waals surface area contributed by atoms with Crippen molar-refractivity contribution in [2.45, 2.75) is 46.3 Å². The van der Waals surface area contributed by atoms with Crippen LogP contribution in [-0.4, -0.2) is 15.3 Å². The van der Waals surface area contributed by atoms with E-state index < -0.39 is 0 Å². The van der Waals surface area contributed by atoms with Crippen molar-refractivity contribution < 1.29 is 0 Å². The van der Waals surface area contributed by atoms with Gasteiger partial charge in [0.15, 0.2) is 0 Å². The van der Waals surface area contributed by atoms with Crippen LogP contribution in [0.2, 0.25) is 5.02 Å². The highest BCUT2D eigenvalue weighted by Gasteiger charge is 2.08. The van der Waals surface area contributed by atoms with Gasteiger partial charge in [-0.05, 0) is 38.8 Å². The van der Waals surface area contributed by atoms with Crippen molar-refractivity contribution in [2.24, 2.45) is 0 Å². The summed E-state index contributed by atoms with van der Waals surface area (Å²) in [5.74, 6) is 0. The minimum atomic E-state index is 0.140. The molecule has 0 radical (unpaired) electrons. The molecule has 1 aromatic heterocycles. The smallest absolute Gasteiger partial charge is 0.0815 e. The third-order valence-electron chi connectivity index (χ3n) is 3.22. The second kappa shape index (κ2) is 5.98. The van der Waals surface area contributed by atoms with E-state index in [9.17, 15) is 0 Å². The van der Waals surface area contributed by atoms with E-state index in [0.29, 0.717) is 0 Å². The molecule has 0 saturated heterocycles. The molecule has 0 saturated carbocycles. The SMILES string of the molecule is Cc1c(Cl)cnn1Cc1ccc(CNC(C)(C)C)cc1. The molecule has 4 heteroatoms. The summed E-state index contributed by atoms with van der Waals surface area (Å²) in [5, 5.41) is 8.48. The summed E-state index contributed by atoms with van der Waals surface area (Å²) in [6.07, 6.45) is 1.69. The maximum atomic E-state index is 6.01. The number of benzene rings is 1. The van der Waals surface area contributed by atoms with Gasteiger partial charge >= 0.3 is 0 Å². The van der Waals surface area contributed by atoms with Gasteiger partial charge in [-0.3, -0.25) is 4.68 Å². The van der Waals surface area contributed by atoms with E-state index in [-0.39, 0.29) is 5.54 Å². The van der Waals surface area contributed by atoms with Crippen LogP contribution in [0.4, 0.5) is 0 Å². The second-order valence-corrected chi connectivity index (χ2v) is 6.56. The van der Waals surface area contributed by atoms with Crippen molar-refractivity contribution in [3.63, 3.8) is 0 Å². The number of hydrogen-bond acceptors (Lipinski definition) is 2.